The lowest BCUT2D eigenvalue weighted by Gasteiger charge is -2.35. The van der Waals surface area contributed by atoms with Crippen molar-refractivity contribution >= 4 is 18.2 Å². The predicted octanol–water partition coefficient (Wildman–Crippen LogP) is 1.27. The molecular weight excluding hydrogens is 204 g/mol. The van der Waals surface area contributed by atoms with Gasteiger partial charge in [0, 0.05) is 32.3 Å². The minimum absolute atomic E-state index is 0.161. The molecule has 1 N–H and O–H groups in total. The van der Waals surface area contributed by atoms with Crippen molar-refractivity contribution < 1.29 is 14.6 Å². The summed E-state index contributed by atoms with van der Waals surface area (Å²) in [5.74, 6) is 0. The number of carbonyl (C=O) groups is 1. The Morgan fingerprint density at radius 3 is 2.43 bits per heavy atom. The molecular formula is C8H16N2O3S. The van der Waals surface area contributed by atoms with Crippen LogP contribution < -0.4 is 0 Å². The summed E-state index contributed by atoms with van der Waals surface area (Å²) < 4.78 is 8.74. The van der Waals surface area contributed by atoms with E-state index < -0.39 is 6.09 Å². The summed E-state index contributed by atoms with van der Waals surface area (Å²) in [6.07, 6.45) is -0.608. The van der Waals surface area contributed by atoms with Crippen LogP contribution in [0.5, 0.6) is 0 Å². The van der Waals surface area contributed by atoms with Crippen LogP contribution in [0.25, 0.3) is 0 Å². The van der Waals surface area contributed by atoms with Gasteiger partial charge in [0.15, 0.2) is 0 Å². The molecule has 6 heteroatoms. The van der Waals surface area contributed by atoms with Crippen LogP contribution in [-0.4, -0.2) is 52.2 Å². The fourth-order valence-corrected chi connectivity index (χ4v) is 2.37. The molecule has 1 heterocycles. The van der Waals surface area contributed by atoms with Crippen molar-refractivity contribution in [3.05, 3.63) is 0 Å². The van der Waals surface area contributed by atoms with Crippen molar-refractivity contribution in [3.63, 3.8) is 0 Å². The number of rotatable bonds is 2. The lowest BCUT2D eigenvalue weighted by molar-refractivity contribution is -0.0421. The van der Waals surface area contributed by atoms with Crippen molar-refractivity contribution in [2.24, 2.45) is 0 Å². The van der Waals surface area contributed by atoms with E-state index in [-0.39, 0.29) is 12.2 Å². The van der Waals surface area contributed by atoms with Gasteiger partial charge in [-0.2, -0.15) is 0 Å². The zero-order valence-electron chi connectivity index (χ0n) is 8.64. The van der Waals surface area contributed by atoms with Gasteiger partial charge in [0.05, 0.1) is 12.2 Å². The van der Waals surface area contributed by atoms with E-state index in [2.05, 4.69) is 0 Å². The van der Waals surface area contributed by atoms with Gasteiger partial charge in [-0.1, -0.05) is 0 Å². The minimum Gasteiger partial charge on any atom is -0.464 e. The van der Waals surface area contributed by atoms with Crippen LogP contribution in [-0.2, 0) is 4.74 Å². The zero-order chi connectivity index (χ0) is 10.7. The smallest absolute Gasteiger partial charge is 0.418 e. The number of hydrogen-bond acceptors (Lipinski definition) is 4. The molecule has 1 rings (SSSR count). The summed E-state index contributed by atoms with van der Waals surface area (Å²) in [4.78, 5) is 10.6. The summed E-state index contributed by atoms with van der Waals surface area (Å²) in [5, 5.41) is 8.69. The summed E-state index contributed by atoms with van der Waals surface area (Å²) >= 11 is 1.22. The molecule has 1 fully saturated rings. The molecule has 2 unspecified atom stereocenters. The van der Waals surface area contributed by atoms with Gasteiger partial charge in [0.2, 0.25) is 0 Å². The Morgan fingerprint density at radius 2 is 2.00 bits per heavy atom. The largest absolute Gasteiger partial charge is 0.464 e. The minimum atomic E-state index is -0.929. The molecule has 1 aliphatic heterocycles. The Bertz CT molecular complexity index is 205. The molecule has 0 spiro atoms. The van der Waals surface area contributed by atoms with Gasteiger partial charge in [-0.15, -0.1) is 0 Å². The number of hydrogen-bond donors (Lipinski definition) is 1. The molecule has 1 amide bonds. The highest BCUT2D eigenvalue weighted by atomic mass is 32.2. The van der Waals surface area contributed by atoms with Crippen molar-refractivity contribution in [3.8, 4) is 0 Å². The number of nitrogens with zero attached hydrogens (tertiary/aromatic N) is 2. The van der Waals surface area contributed by atoms with E-state index in [4.69, 9.17) is 9.84 Å². The van der Waals surface area contributed by atoms with Crippen LogP contribution in [0, 0.1) is 0 Å². The molecule has 5 nitrogen and oxygen atoms in total. The first kappa shape index (κ1) is 11.6. The average molecular weight is 220 g/mol. The zero-order valence-corrected chi connectivity index (χ0v) is 9.45. The fourth-order valence-electron chi connectivity index (χ4n) is 1.41. The van der Waals surface area contributed by atoms with Crippen LogP contribution in [0.1, 0.15) is 13.8 Å². The molecule has 0 radical (unpaired) electrons. The maximum atomic E-state index is 10.6. The van der Waals surface area contributed by atoms with Crippen molar-refractivity contribution in [1.82, 2.24) is 8.61 Å². The highest BCUT2D eigenvalue weighted by Crippen LogP contribution is 2.20. The topological polar surface area (TPSA) is 53.0 Å². The molecule has 0 aromatic rings. The normalized spacial score (nSPS) is 28.8. The summed E-state index contributed by atoms with van der Waals surface area (Å²) in [5.41, 5.74) is 0. The van der Waals surface area contributed by atoms with Gasteiger partial charge in [-0.25, -0.2) is 13.4 Å². The first-order valence-electron chi connectivity index (χ1n) is 4.54. The summed E-state index contributed by atoms with van der Waals surface area (Å²) in [7, 11) is 1.54. The second kappa shape index (κ2) is 4.86. The summed E-state index contributed by atoms with van der Waals surface area (Å²) in [6, 6.07) is 0. The Balaban J connectivity index is 2.40. The molecule has 0 saturated carbocycles. The molecule has 1 aliphatic rings. The Kier molecular flexibility index (Phi) is 4.03. The van der Waals surface area contributed by atoms with Crippen LogP contribution in [0.3, 0.4) is 0 Å². The van der Waals surface area contributed by atoms with Gasteiger partial charge in [-0.05, 0) is 13.8 Å². The number of ether oxygens (including phenoxy) is 1. The van der Waals surface area contributed by atoms with Crippen LogP contribution in [0.15, 0.2) is 0 Å². The molecule has 1 saturated heterocycles. The lowest BCUT2D eigenvalue weighted by Crippen LogP contribution is -2.43. The molecule has 14 heavy (non-hydrogen) atoms. The van der Waals surface area contributed by atoms with E-state index in [9.17, 15) is 4.79 Å². The second-order valence-corrected chi connectivity index (χ2v) is 4.69. The number of morpholine rings is 1. The third-order valence-electron chi connectivity index (χ3n) is 1.89. The second-order valence-electron chi connectivity index (χ2n) is 3.47. The monoisotopic (exact) mass is 220 g/mol. The van der Waals surface area contributed by atoms with E-state index in [1.165, 1.54) is 23.5 Å². The maximum absolute atomic E-state index is 10.6. The van der Waals surface area contributed by atoms with E-state index in [0.717, 1.165) is 13.1 Å². The first-order chi connectivity index (χ1) is 6.49. The van der Waals surface area contributed by atoms with Gasteiger partial charge >= 0.3 is 6.09 Å². The van der Waals surface area contributed by atoms with Crippen LogP contribution in [0.2, 0.25) is 0 Å². The Morgan fingerprint density at radius 1 is 1.50 bits per heavy atom. The number of amides is 1. The summed E-state index contributed by atoms with van der Waals surface area (Å²) in [6.45, 7) is 5.49. The SMILES string of the molecule is CC1CN(SN(C)C(=O)O)CC(C)O1. The Hall–Kier alpha value is -0.460. The predicted molar refractivity (Wildman–Crippen MR) is 55.0 cm³/mol. The average Bonchev–Trinajstić information content (AvgIpc) is 2.01. The quantitative estimate of drug-likeness (QED) is 0.710. The van der Waals surface area contributed by atoms with Gasteiger partial charge in [0.25, 0.3) is 0 Å². The van der Waals surface area contributed by atoms with Gasteiger partial charge in [-0.3, -0.25) is 0 Å². The first-order valence-corrected chi connectivity index (χ1v) is 5.27. The molecule has 82 valence electrons. The van der Waals surface area contributed by atoms with Crippen molar-refractivity contribution in [2.45, 2.75) is 26.1 Å². The van der Waals surface area contributed by atoms with Crippen molar-refractivity contribution in [2.75, 3.05) is 20.1 Å². The molecule has 2 atom stereocenters. The molecule has 0 aromatic carbocycles. The van der Waals surface area contributed by atoms with E-state index in [1.807, 2.05) is 18.2 Å². The van der Waals surface area contributed by atoms with Crippen LogP contribution in [0.4, 0.5) is 4.79 Å². The lowest BCUT2D eigenvalue weighted by atomic mass is 10.3. The third kappa shape index (κ3) is 3.36. The highest BCUT2D eigenvalue weighted by Gasteiger charge is 2.24. The Labute approximate surface area is 88.3 Å². The fraction of sp³-hybridized carbons (Fsp3) is 0.875. The maximum Gasteiger partial charge on any atom is 0.418 e. The standard InChI is InChI=1S/C8H16N2O3S/c1-6-4-10(5-7(2)13-6)14-9(3)8(11)12/h6-7H,4-5H2,1-3H3,(H,11,12). The van der Waals surface area contributed by atoms with Gasteiger partial charge in [0.1, 0.15) is 0 Å². The van der Waals surface area contributed by atoms with E-state index in [1.54, 1.807) is 0 Å². The van der Waals surface area contributed by atoms with E-state index >= 15 is 0 Å². The molecule has 0 bridgehead atoms. The number of carboxylic acid groups (broad SMARTS) is 1. The third-order valence-corrected chi connectivity index (χ3v) is 2.82. The molecule has 0 aliphatic carbocycles. The van der Waals surface area contributed by atoms with Gasteiger partial charge < -0.3 is 9.84 Å². The highest BCUT2D eigenvalue weighted by molar-refractivity contribution is 7.95. The van der Waals surface area contributed by atoms with Crippen LogP contribution >= 0.6 is 12.1 Å². The molecule has 0 aromatic heterocycles. The van der Waals surface area contributed by atoms with E-state index in [0.29, 0.717) is 0 Å². The van der Waals surface area contributed by atoms with Crippen molar-refractivity contribution in [1.29, 1.82) is 0 Å².